The van der Waals surface area contributed by atoms with Crippen LogP contribution in [0.3, 0.4) is 0 Å². The van der Waals surface area contributed by atoms with Crippen molar-refractivity contribution in [2.24, 2.45) is 0 Å². The maximum atomic E-state index is 9.30. The first kappa shape index (κ1) is 11.8. The zero-order valence-corrected chi connectivity index (χ0v) is 8.20. The lowest BCUT2D eigenvalue weighted by molar-refractivity contribution is -0.160. The molecule has 0 aliphatic carbocycles. The molecule has 0 amide bonds. The third-order valence-electron chi connectivity index (χ3n) is 1.14. The van der Waals surface area contributed by atoms with E-state index in [4.69, 9.17) is 0 Å². The van der Waals surface area contributed by atoms with Crippen molar-refractivity contribution in [2.75, 3.05) is 13.1 Å². The van der Waals surface area contributed by atoms with E-state index in [1.54, 1.807) is 27.7 Å². The van der Waals surface area contributed by atoms with Crippen molar-refractivity contribution < 1.29 is 15.4 Å². The second kappa shape index (κ2) is 3.70. The molecule has 0 heterocycles. The standard InChI is InChI=1S/C8H19NO3/c1-7(2,10)5-9(12)6-8(3,4)11/h10-12H,5-6H2,1-4H3. The summed E-state index contributed by atoms with van der Waals surface area (Å²) in [6.07, 6.45) is 0. The molecule has 0 rings (SSSR count). The summed E-state index contributed by atoms with van der Waals surface area (Å²) in [5.41, 5.74) is -1.89. The molecular formula is C8H19NO3. The lowest BCUT2D eigenvalue weighted by Crippen LogP contribution is -2.43. The van der Waals surface area contributed by atoms with Gasteiger partial charge in [0.05, 0.1) is 24.3 Å². The molecule has 0 atom stereocenters. The van der Waals surface area contributed by atoms with E-state index in [0.717, 1.165) is 5.06 Å². The van der Waals surface area contributed by atoms with Crippen LogP contribution in [-0.4, -0.2) is 44.8 Å². The molecule has 74 valence electrons. The summed E-state index contributed by atoms with van der Waals surface area (Å²) < 4.78 is 0. The van der Waals surface area contributed by atoms with Crippen LogP contribution < -0.4 is 0 Å². The first-order chi connectivity index (χ1) is 5.10. The second-order valence-electron chi connectivity index (χ2n) is 4.45. The molecule has 3 N–H and O–H groups in total. The van der Waals surface area contributed by atoms with Gasteiger partial charge in [0.2, 0.25) is 0 Å². The molecule has 0 saturated carbocycles. The summed E-state index contributed by atoms with van der Waals surface area (Å²) in [4.78, 5) is 0. The molecule has 0 radical (unpaired) electrons. The summed E-state index contributed by atoms with van der Waals surface area (Å²) in [7, 11) is 0. The number of aliphatic hydroxyl groups is 2. The number of nitrogens with zero attached hydrogens (tertiary/aromatic N) is 1. The van der Waals surface area contributed by atoms with Gasteiger partial charge in [-0.3, -0.25) is 0 Å². The molecule has 4 heteroatoms. The molecule has 0 saturated heterocycles. The molecule has 0 bridgehead atoms. The van der Waals surface area contributed by atoms with Crippen molar-refractivity contribution in [2.45, 2.75) is 38.9 Å². The minimum atomic E-state index is -0.944. The largest absolute Gasteiger partial charge is 0.389 e. The van der Waals surface area contributed by atoms with Crippen LogP contribution in [-0.2, 0) is 0 Å². The highest BCUT2D eigenvalue weighted by Crippen LogP contribution is 2.07. The van der Waals surface area contributed by atoms with Crippen LogP contribution in [0.5, 0.6) is 0 Å². The molecule has 0 aromatic carbocycles. The van der Waals surface area contributed by atoms with E-state index in [-0.39, 0.29) is 13.1 Å². The summed E-state index contributed by atoms with van der Waals surface area (Å²) in [5, 5.41) is 28.8. The highest BCUT2D eigenvalue weighted by atomic mass is 16.5. The Bertz CT molecular complexity index is 118. The Morgan fingerprint density at radius 1 is 0.917 bits per heavy atom. The van der Waals surface area contributed by atoms with Crippen molar-refractivity contribution in [3.05, 3.63) is 0 Å². The van der Waals surface area contributed by atoms with Gasteiger partial charge < -0.3 is 15.4 Å². The average Bonchev–Trinajstić information content (AvgIpc) is 1.49. The fourth-order valence-corrected chi connectivity index (χ4v) is 0.949. The smallest absolute Gasteiger partial charge is 0.0741 e. The van der Waals surface area contributed by atoms with E-state index in [2.05, 4.69) is 0 Å². The summed E-state index contributed by atoms with van der Waals surface area (Å²) in [6.45, 7) is 6.64. The predicted octanol–water partition coefficient (Wildman–Crippen LogP) is 0.219. The number of hydroxylamine groups is 2. The van der Waals surface area contributed by atoms with E-state index in [9.17, 15) is 15.4 Å². The van der Waals surface area contributed by atoms with Gasteiger partial charge in [-0.1, -0.05) is 0 Å². The monoisotopic (exact) mass is 177 g/mol. The third kappa shape index (κ3) is 7.94. The maximum absolute atomic E-state index is 9.30. The first-order valence-corrected chi connectivity index (χ1v) is 3.99. The molecule has 0 aliphatic rings. The molecule has 4 nitrogen and oxygen atoms in total. The van der Waals surface area contributed by atoms with Gasteiger partial charge in [0.15, 0.2) is 0 Å². The Labute approximate surface area is 73.4 Å². The van der Waals surface area contributed by atoms with Gasteiger partial charge in [-0.2, -0.15) is 5.06 Å². The predicted molar refractivity (Wildman–Crippen MR) is 46.0 cm³/mol. The van der Waals surface area contributed by atoms with E-state index in [1.807, 2.05) is 0 Å². The van der Waals surface area contributed by atoms with Gasteiger partial charge in [-0.05, 0) is 27.7 Å². The minimum absolute atomic E-state index is 0.122. The van der Waals surface area contributed by atoms with E-state index in [0.29, 0.717) is 0 Å². The summed E-state index contributed by atoms with van der Waals surface area (Å²) in [5.74, 6) is 0. The van der Waals surface area contributed by atoms with Crippen molar-refractivity contribution in [1.82, 2.24) is 5.06 Å². The Morgan fingerprint density at radius 3 is 1.33 bits per heavy atom. The Balaban J connectivity index is 3.83. The summed E-state index contributed by atoms with van der Waals surface area (Å²) >= 11 is 0. The molecule has 0 spiro atoms. The van der Waals surface area contributed by atoms with Crippen LogP contribution in [0.4, 0.5) is 0 Å². The zero-order valence-electron chi connectivity index (χ0n) is 8.20. The highest BCUT2D eigenvalue weighted by molar-refractivity contribution is 4.73. The third-order valence-corrected chi connectivity index (χ3v) is 1.14. The first-order valence-electron chi connectivity index (χ1n) is 3.99. The maximum Gasteiger partial charge on any atom is 0.0741 e. The van der Waals surface area contributed by atoms with Crippen LogP contribution in [0.1, 0.15) is 27.7 Å². The highest BCUT2D eigenvalue weighted by Gasteiger charge is 2.22. The number of hydrogen-bond acceptors (Lipinski definition) is 4. The zero-order chi connectivity index (χ0) is 9.99. The number of hydrogen-bond donors (Lipinski definition) is 3. The Hall–Kier alpha value is -0.160. The molecule has 12 heavy (non-hydrogen) atoms. The van der Waals surface area contributed by atoms with Crippen molar-refractivity contribution in [1.29, 1.82) is 0 Å². The van der Waals surface area contributed by atoms with Crippen molar-refractivity contribution in [3.8, 4) is 0 Å². The molecule has 0 aromatic rings. The van der Waals surface area contributed by atoms with Crippen LogP contribution in [0.2, 0.25) is 0 Å². The minimum Gasteiger partial charge on any atom is -0.389 e. The van der Waals surface area contributed by atoms with Crippen LogP contribution in [0.25, 0.3) is 0 Å². The molecular weight excluding hydrogens is 158 g/mol. The molecule has 0 unspecified atom stereocenters. The summed E-state index contributed by atoms with van der Waals surface area (Å²) in [6, 6.07) is 0. The van der Waals surface area contributed by atoms with Crippen LogP contribution in [0.15, 0.2) is 0 Å². The lowest BCUT2D eigenvalue weighted by atomic mass is 10.1. The van der Waals surface area contributed by atoms with E-state index >= 15 is 0 Å². The second-order valence-corrected chi connectivity index (χ2v) is 4.45. The molecule has 0 aliphatic heterocycles. The van der Waals surface area contributed by atoms with Gasteiger partial charge in [-0.15, -0.1) is 0 Å². The van der Waals surface area contributed by atoms with Crippen molar-refractivity contribution >= 4 is 0 Å². The van der Waals surface area contributed by atoms with E-state index in [1.165, 1.54) is 0 Å². The topological polar surface area (TPSA) is 63.9 Å². The SMILES string of the molecule is CC(C)(O)CN(O)CC(C)(C)O. The van der Waals surface area contributed by atoms with Gasteiger partial charge in [0.25, 0.3) is 0 Å². The van der Waals surface area contributed by atoms with Gasteiger partial charge in [0.1, 0.15) is 0 Å². The number of rotatable bonds is 4. The fourth-order valence-electron chi connectivity index (χ4n) is 0.949. The fraction of sp³-hybridized carbons (Fsp3) is 1.00. The molecule has 0 aromatic heterocycles. The van der Waals surface area contributed by atoms with Gasteiger partial charge in [-0.25, -0.2) is 0 Å². The average molecular weight is 177 g/mol. The quantitative estimate of drug-likeness (QED) is 0.537. The lowest BCUT2D eigenvalue weighted by Gasteiger charge is -2.28. The Kier molecular flexibility index (Phi) is 3.65. The van der Waals surface area contributed by atoms with E-state index < -0.39 is 11.2 Å². The Morgan fingerprint density at radius 2 is 1.17 bits per heavy atom. The van der Waals surface area contributed by atoms with Gasteiger partial charge >= 0.3 is 0 Å². The molecule has 0 fully saturated rings. The van der Waals surface area contributed by atoms with Crippen LogP contribution >= 0.6 is 0 Å². The van der Waals surface area contributed by atoms with Crippen molar-refractivity contribution in [3.63, 3.8) is 0 Å². The van der Waals surface area contributed by atoms with Crippen LogP contribution in [0, 0.1) is 0 Å². The van der Waals surface area contributed by atoms with Gasteiger partial charge in [0, 0.05) is 0 Å². The normalized spacial score (nSPS) is 14.0.